The molecule has 0 bridgehead atoms. The number of carbonyl (C=O) groups excluding carboxylic acids is 1. The lowest BCUT2D eigenvalue weighted by atomic mass is 9.89. The Hall–Kier alpha value is -1.75. The Bertz CT molecular complexity index is 461. The first-order valence-corrected chi connectivity index (χ1v) is 7.00. The highest BCUT2D eigenvalue weighted by molar-refractivity contribution is 5.81. The lowest BCUT2D eigenvalue weighted by Crippen LogP contribution is -2.37. The van der Waals surface area contributed by atoms with E-state index in [-0.39, 0.29) is 11.3 Å². The fraction of sp³-hybridized carbons (Fsp3) is 0.533. The fourth-order valence-corrected chi connectivity index (χ4v) is 2.49. The zero-order valence-electron chi connectivity index (χ0n) is 12.0. The first-order chi connectivity index (χ1) is 9.49. The average molecular weight is 277 g/mol. The van der Waals surface area contributed by atoms with Crippen LogP contribution in [-0.2, 0) is 4.79 Å². The number of primary amides is 1. The van der Waals surface area contributed by atoms with Crippen LogP contribution >= 0.6 is 0 Å². The zero-order valence-corrected chi connectivity index (χ0v) is 12.0. The minimum absolute atomic E-state index is 0.196. The first kappa shape index (κ1) is 14.7. The molecule has 1 fully saturated rings. The summed E-state index contributed by atoms with van der Waals surface area (Å²) in [4.78, 5) is 13.6. The summed E-state index contributed by atoms with van der Waals surface area (Å²) in [7, 11) is 0. The molecule has 0 aromatic heterocycles. The summed E-state index contributed by atoms with van der Waals surface area (Å²) >= 11 is 0. The summed E-state index contributed by atoms with van der Waals surface area (Å²) in [5.41, 5.74) is 11.4. The van der Waals surface area contributed by atoms with Gasteiger partial charge in [0.25, 0.3) is 0 Å². The maximum Gasteiger partial charge on any atom is 0.224 e. The summed E-state index contributed by atoms with van der Waals surface area (Å²) in [5.74, 6) is 0.640. The van der Waals surface area contributed by atoms with Crippen molar-refractivity contribution in [2.75, 3.05) is 32.0 Å². The molecule has 110 valence electrons. The van der Waals surface area contributed by atoms with Crippen molar-refractivity contribution < 1.29 is 9.53 Å². The third-order valence-electron chi connectivity index (χ3n) is 3.91. The Morgan fingerprint density at radius 1 is 1.40 bits per heavy atom. The van der Waals surface area contributed by atoms with Crippen LogP contribution in [0.5, 0.6) is 5.75 Å². The minimum atomic E-state index is -0.363. The van der Waals surface area contributed by atoms with Crippen LogP contribution in [0.1, 0.15) is 19.8 Å². The molecule has 5 nitrogen and oxygen atoms in total. The van der Waals surface area contributed by atoms with E-state index >= 15 is 0 Å². The van der Waals surface area contributed by atoms with Crippen molar-refractivity contribution in [3.8, 4) is 5.75 Å². The second-order valence-electron chi connectivity index (χ2n) is 5.72. The molecule has 0 radical (unpaired) electrons. The monoisotopic (exact) mass is 277 g/mol. The molecule has 0 saturated carbocycles. The Labute approximate surface area is 119 Å². The zero-order chi connectivity index (χ0) is 14.6. The Morgan fingerprint density at radius 2 is 2.10 bits per heavy atom. The van der Waals surface area contributed by atoms with Gasteiger partial charge in [0, 0.05) is 18.8 Å². The lowest BCUT2D eigenvalue weighted by Gasteiger charge is -2.20. The van der Waals surface area contributed by atoms with Gasteiger partial charge in [-0.05, 0) is 50.6 Å². The number of likely N-dealkylation sites (tertiary alicyclic amines) is 1. The molecule has 1 unspecified atom stereocenters. The van der Waals surface area contributed by atoms with Crippen molar-refractivity contribution in [2.45, 2.75) is 19.8 Å². The number of nitrogens with zero attached hydrogens (tertiary/aromatic N) is 1. The van der Waals surface area contributed by atoms with E-state index < -0.39 is 0 Å². The molecule has 1 aliphatic heterocycles. The molecule has 0 aliphatic carbocycles. The highest BCUT2D eigenvalue weighted by atomic mass is 16.5. The number of carbonyl (C=O) groups is 1. The predicted molar refractivity (Wildman–Crippen MR) is 79.3 cm³/mol. The normalized spacial score (nSPS) is 22.9. The molecule has 1 saturated heterocycles. The largest absolute Gasteiger partial charge is 0.494 e. The maximum absolute atomic E-state index is 11.4. The topological polar surface area (TPSA) is 81.6 Å². The van der Waals surface area contributed by atoms with Gasteiger partial charge in [0.15, 0.2) is 0 Å². The number of nitrogens with two attached hydrogens (primary N) is 2. The van der Waals surface area contributed by atoms with Crippen molar-refractivity contribution in [2.24, 2.45) is 11.1 Å². The number of rotatable bonds is 6. The highest BCUT2D eigenvalue weighted by Gasteiger charge is 2.38. The Morgan fingerprint density at radius 3 is 2.70 bits per heavy atom. The second-order valence-corrected chi connectivity index (χ2v) is 5.72. The first-order valence-electron chi connectivity index (χ1n) is 7.00. The van der Waals surface area contributed by atoms with E-state index in [2.05, 4.69) is 4.90 Å². The van der Waals surface area contributed by atoms with Crippen molar-refractivity contribution in [3.63, 3.8) is 0 Å². The summed E-state index contributed by atoms with van der Waals surface area (Å²) in [6.07, 6.45) is 1.78. The van der Waals surface area contributed by atoms with E-state index in [0.717, 1.165) is 43.9 Å². The molecule has 1 aromatic carbocycles. The smallest absolute Gasteiger partial charge is 0.224 e. The van der Waals surface area contributed by atoms with Crippen LogP contribution < -0.4 is 16.2 Å². The molecule has 4 N–H and O–H groups in total. The van der Waals surface area contributed by atoms with Crippen LogP contribution in [-0.4, -0.2) is 37.0 Å². The minimum Gasteiger partial charge on any atom is -0.494 e. The maximum atomic E-state index is 11.4. The third kappa shape index (κ3) is 3.63. The Kier molecular flexibility index (Phi) is 4.49. The summed E-state index contributed by atoms with van der Waals surface area (Å²) in [6.45, 7) is 5.22. The van der Waals surface area contributed by atoms with E-state index in [1.165, 1.54) is 0 Å². The van der Waals surface area contributed by atoms with Gasteiger partial charge in [-0.15, -0.1) is 0 Å². The number of ether oxygens (including phenoxy) is 1. The molecule has 0 spiro atoms. The van der Waals surface area contributed by atoms with Crippen molar-refractivity contribution in [1.82, 2.24) is 4.90 Å². The molecule has 1 heterocycles. The van der Waals surface area contributed by atoms with E-state index in [1.54, 1.807) is 0 Å². The average Bonchev–Trinajstić information content (AvgIpc) is 2.80. The van der Waals surface area contributed by atoms with Gasteiger partial charge in [0.1, 0.15) is 5.75 Å². The molecule has 1 amide bonds. The van der Waals surface area contributed by atoms with Crippen LogP contribution in [0.3, 0.4) is 0 Å². The van der Waals surface area contributed by atoms with Gasteiger partial charge in [-0.3, -0.25) is 4.79 Å². The number of anilines is 1. The van der Waals surface area contributed by atoms with Crippen molar-refractivity contribution in [1.29, 1.82) is 0 Å². The summed E-state index contributed by atoms with van der Waals surface area (Å²) in [6, 6.07) is 7.40. The lowest BCUT2D eigenvalue weighted by molar-refractivity contribution is -0.126. The molecule has 5 heteroatoms. The molecular formula is C15H23N3O2. The summed E-state index contributed by atoms with van der Waals surface area (Å²) < 4.78 is 5.65. The van der Waals surface area contributed by atoms with Crippen molar-refractivity contribution in [3.05, 3.63) is 24.3 Å². The summed E-state index contributed by atoms with van der Waals surface area (Å²) in [5, 5.41) is 0. The van der Waals surface area contributed by atoms with Crippen LogP contribution in [0.15, 0.2) is 24.3 Å². The van der Waals surface area contributed by atoms with Gasteiger partial charge < -0.3 is 21.1 Å². The van der Waals surface area contributed by atoms with Gasteiger partial charge in [-0.25, -0.2) is 0 Å². The number of hydrogen-bond acceptors (Lipinski definition) is 4. The quantitative estimate of drug-likeness (QED) is 0.605. The standard InChI is InChI=1S/C15H23N3O2/c1-15(14(17)19)7-9-18(11-15)8-2-10-20-13-5-3-12(16)4-6-13/h3-6H,2,7-11,16H2,1H3,(H2,17,19). The van der Waals surface area contributed by atoms with Gasteiger partial charge in [-0.1, -0.05) is 0 Å². The molecule has 1 aliphatic rings. The molecule has 1 aromatic rings. The van der Waals surface area contributed by atoms with Crippen LogP contribution in [0.2, 0.25) is 0 Å². The van der Waals surface area contributed by atoms with E-state index in [0.29, 0.717) is 6.61 Å². The molecular weight excluding hydrogens is 254 g/mol. The van der Waals surface area contributed by atoms with Gasteiger partial charge >= 0.3 is 0 Å². The van der Waals surface area contributed by atoms with Crippen LogP contribution in [0, 0.1) is 5.41 Å². The van der Waals surface area contributed by atoms with E-state index in [1.807, 2.05) is 31.2 Å². The number of hydrogen-bond donors (Lipinski definition) is 2. The van der Waals surface area contributed by atoms with Crippen LogP contribution in [0.4, 0.5) is 5.69 Å². The molecule has 20 heavy (non-hydrogen) atoms. The van der Waals surface area contributed by atoms with Gasteiger partial charge in [0.2, 0.25) is 5.91 Å². The second kappa shape index (κ2) is 6.13. The van der Waals surface area contributed by atoms with E-state index in [9.17, 15) is 4.79 Å². The number of amides is 1. The fourth-order valence-electron chi connectivity index (χ4n) is 2.49. The highest BCUT2D eigenvalue weighted by Crippen LogP contribution is 2.29. The SMILES string of the molecule is CC1(C(N)=O)CCN(CCCOc2ccc(N)cc2)C1. The molecule has 1 atom stereocenters. The Balaban J connectivity index is 1.67. The third-order valence-corrected chi connectivity index (χ3v) is 3.91. The van der Waals surface area contributed by atoms with Gasteiger partial charge in [-0.2, -0.15) is 0 Å². The molecule has 2 rings (SSSR count). The number of nitrogen functional groups attached to an aromatic ring is 1. The van der Waals surface area contributed by atoms with Crippen molar-refractivity contribution >= 4 is 11.6 Å². The number of benzene rings is 1. The van der Waals surface area contributed by atoms with E-state index in [4.69, 9.17) is 16.2 Å². The van der Waals surface area contributed by atoms with Crippen LogP contribution in [0.25, 0.3) is 0 Å². The predicted octanol–water partition coefficient (Wildman–Crippen LogP) is 1.23. The van der Waals surface area contributed by atoms with Gasteiger partial charge in [0.05, 0.1) is 12.0 Å².